The number of carbonyl (C=O) groups is 1. The van der Waals surface area contributed by atoms with Crippen LogP contribution in [-0.2, 0) is 0 Å². The SMILES string of the molecule is CC1CCCC(CCNC(=O)c2cc(Br)ccc2O)C1. The molecule has 1 aliphatic rings. The predicted molar refractivity (Wildman–Crippen MR) is 83.9 cm³/mol. The Morgan fingerprint density at radius 3 is 3.00 bits per heavy atom. The van der Waals surface area contributed by atoms with Crippen molar-refractivity contribution in [3.8, 4) is 5.75 Å². The van der Waals surface area contributed by atoms with Crippen LogP contribution in [0, 0.1) is 11.8 Å². The van der Waals surface area contributed by atoms with Gasteiger partial charge in [0, 0.05) is 11.0 Å². The van der Waals surface area contributed by atoms with E-state index in [4.69, 9.17) is 0 Å². The van der Waals surface area contributed by atoms with Gasteiger partial charge in [-0.15, -0.1) is 0 Å². The summed E-state index contributed by atoms with van der Waals surface area (Å²) in [5.41, 5.74) is 0.330. The van der Waals surface area contributed by atoms with Crippen molar-refractivity contribution in [3.63, 3.8) is 0 Å². The van der Waals surface area contributed by atoms with Gasteiger partial charge in [0.05, 0.1) is 5.56 Å². The Morgan fingerprint density at radius 2 is 2.25 bits per heavy atom. The monoisotopic (exact) mass is 339 g/mol. The summed E-state index contributed by atoms with van der Waals surface area (Å²) in [6, 6.07) is 4.89. The molecule has 2 rings (SSSR count). The van der Waals surface area contributed by atoms with Crippen LogP contribution >= 0.6 is 15.9 Å². The van der Waals surface area contributed by atoms with Crippen molar-refractivity contribution in [2.75, 3.05) is 6.54 Å². The number of hydrogen-bond acceptors (Lipinski definition) is 2. The van der Waals surface area contributed by atoms with E-state index >= 15 is 0 Å². The van der Waals surface area contributed by atoms with Gasteiger partial charge in [-0.25, -0.2) is 0 Å². The lowest BCUT2D eigenvalue weighted by Gasteiger charge is -2.26. The van der Waals surface area contributed by atoms with Crippen molar-refractivity contribution in [2.45, 2.75) is 39.0 Å². The molecule has 1 fully saturated rings. The summed E-state index contributed by atoms with van der Waals surface area (Å²) in [5.74, 6) is 1.37. The third kappa shape index (κ3) is 4.23. The molecule has 1 aliphatic carbocycles. The molecule has 0 heterocycles. The Kier molecular flexibility index (Phi) is 5.46. The fraction of sp³-hybridized carbons (Fsp3) is 0.562. The van der Waals surface area contributed by atoms with E-state index in [9.17, 15) is 9.90 Å². The summed E-state index contributed by atoms with van der Waals surface area (Å²) in [6.45, 7) is 2.99. The van der Waals surface area contributed by atoms with E-state index in [1.165, 1.54) is 31.7 Å². The molecule has 1 saturated carbocycles. The van der Waals surface area contributed by atoms with Crippen LogP contribution in [0.25, 0.3) is 0 Å². The van der Waals surface area contributed by atoms with Crippen LogP contribution in [0.15, 0.2) is 22.7 Å². The van der Waals surface area contributed by atoms with Crippen molar-refractivity contribution in [3.05, 3.63) is 28.2 Å². The molecular weight excluding hydrogens is 318 g/mol. The first-order valence-electron chi connectivity index (χ1n) is 7.33. The average Bonchev–Trinajstić information content (AvgIpc) is 2.41. The van der Waals surface area contributed by atoms with Gasteiger partial charge in [0.2, 0.25) is 0 Å². The smallest absolute Gasteiger partial charge is 0.255 e. The summed E-state index contributed by atoms with van der Waals surface area (Å²) in [4.78, 5) is 12.0. The molecule has 1 amide bonds. The van der Waals surface area contributed by atoms with Gasteiger partial charge < -0.3 is 10.4 Å². The van der Waals surface area contributed by atoms with E-state index in [0.29, 0.717) is 12.1 Å². The molecule has 20 heavy (non-hydrogen) atoms. The molecular formula is C16H22BrNO2. The Labute approximate surface area is 128 Å². The molecule has 2 atom stereocenters. The maximum Gasteiger partial charge on any atom is 0.255 e. The second-order valence-electron chi connectivity index (χ2n) is 5.84. The minimum Gasteiger partial charge on any atom is -0.507 e. The number of hydrogen-bond donors (Lipinski definition) is 2. The van der Waals surface area contributed by atoms with Crippen molar-refractivity contribution in [1.82, 2.24) is 5.32 Å². The van der Waals surface area contributed by atoms with Crippen LogP contribution in [-0.4, -0.2) is 17.6 Å². The minimum atomic E-state index is -0.201. The first-order valence-corrected chi connectivity index (χ1v) is 8.12. The summed E-state index contributed by atoms with van der Waals surface area (Å²) in [5, 5.41) is 12.6. The van der Waals surface area contributed by atoms with Crippen LogP contribution in [0.1, 0.15) is 49.4 Å². The van der Waals surface area contributed by atoms with Gasteiger partial charge in [0.25, 0.3) is 5.91 Å². The molecule has 4 heteroatoms. The molecule has 1 aromatic rings. The van der Waals surface area contributed by atoms with Gasteiger partial charge in [-0.2, -0.15) is 0 Å². The van der Waals surface area contributed by atoms with Crippen LogP contribution in [0.5, 0.6) is 5.75 Å². The van der Waals surface area contributed by atoms with Gasteiger partial charge in [-0.1, -0.05) is 42.1 Å². The summed E-state index contributed by atoms with van der Waals surface area (Å²) in [7, 11) is 0. The maximum atomic E-state index is 12.0. The zero-order chi connectivity index (χ0) is 14.5. The van der Waals surface area contributed by atoms with Crippen LogP contribution in [0.2, 0.25) is 0 Å². The number of rotatable bonds is 4. The zero-order valence-corrected chi connectivity index (χ0v) is 13.4. The maximum absolute atomic E-state index is 12.0. The normalized spacial score (nSPS) is 22.5. The summed E-state index contributed by atoms with van der Waals surface area (Å²) >= 11 is 3.31. The highest BCUT2D eigenvalue weighted by Gasteiger charge is 2.19. The molecule has 0 aromatic heterocycles. The van der Waals surface area contributed by atoms with Gasteiger partial charge in [-0.3, -0.25) is 4.79 Å². The molecule has 0 radical (unpaired) electrons. The molecule has 2 N–H and O–H groups in total. The lowest BCUT2D eigenvalue weighted by atomic mass is 9.81. The van der Waals surface area contributed by atoms with Gasteiger partial charge in [-0.05, 0) is 42.9 Å². The number of phenols is 1. The first-order chi connectivity index (χ1) is 9.56. The molecule has 2 unspecified atom stereocenters. The molecule has 0 bridgehead atoms. The Hall–Kier alpha value is -1.03. The molecule has 0 saturated heterocycles. The van der Waals surface area contributed by atoms with Crippen LogP contribution < -0.4 is 5.32 Å². The largest absolute Gasteiger partial charge is 0.507 e. The summed E-state index contributed by atoms with van der Waals surface area (Å²) in [6.07, 6.45) is 6.24. The zero-order valence-electron chi connectivity index (χ0n) is 11.9. The van der Waals surface area contributed by atoms with Gasteiger partial charge in [0.1, 0.15) is 5.75 Å². The second-order valence-corrected chi connectivity index (χ2v) is 6.76. The first kappa shape index (κ1) is 15.4. The number of phenolic OH excluding ortho intramolecular Hbond substituents is 1. The van der Waals surface area contributed by atoms with Crippen LogP contribution in [0.4, 0.5) is 0 Å². The standard InChI is InChI=1S/C16H22BrNO2/c1-11-3-2-4-12(9-11)7-8-18-16(20)14-10-13(17)5-6-15(14)19/h5-6,10-12,19H,2-4,7-9H2,1H3,(H,18,20). The third-order valence-electron chi connectivity index (χ3n) is 4.09. The number of nitrogens with one attached hydrogen (secondary N) is 1. The number of benzene rings is 1. The quantitative estimate of drug-likeness (QED) is 0.867. The topological polar surface area (TPSA) is 49.3 Å². The second kappa shape index (κ2) is 7.11. The average molecular weight is 340 g/mol. The number of carbonyl (C=O) groups excluding carboxylic acids is 1. The van der Waals surface area contributed by atoms with E-state index in [0.717, 1.165) is 22.7 Å². The van der Waals surface area contributed by atoms with E-state index in [-0.39, 0.29) is 11.7 Å². The number of amides is 1. The van der Waals surface area contributed by atoms with E-state index in [1.54, 1.807) is 12.1 Å². The van der Waals surface area contributed by atoms with Crippen molar-refractivity contribution in [1.29, 1.82) is 0 Å². The van der Waals surface area contributed by atoms with Crippen LogP contribution in [0.3, 0.4) is 0 Å². The Morgan fingerprint density at radius 1 is 1.45 bits per heavy atom. The van der Waals surface area contributed by atoms with Gasteiger partial charge in [0.15, 0.2) is 0 Å². The highest BCUT2D eigenvalue weighted by atomic mass is 79.9. The molecule has 0 aliphatic heterocycles. The van der Waals surface area contributed by atoms with E-state index in [2.05, 4.69) is 28.2 Å². The van der Waals surface area contributed by atoms with E-state index < -0.39 is 0 Å². The van der Waals surface area contributed by atoms with Gasteiger partial charge >= 0.3 is 0 Å². The highest BCUT2D eigenvalue weighted by molar-refractivity contribution is 9.10. The number of halogens is 1. The Balaban J connectivity index is 1.81. The lowest BCUT2D eigenvalue weighted by molar-refractivity contribution is 0.0947. The molecule has 3 nitrogen and oxygen atoms in total. The van der Waals surface area contributed by atoms with Crippen molar-refractivity contribution in [2.24, 2.45) is 11.8 Å². The lowest BCUT2D eigenvalue weighted by Crippen LogP contribution is -2.27. The van der Waals surface area contributed by atoms with Crippen molar-refractivity contribution < 1.29 is 9.90 Å². The predicted octanol–water partition coefficient (Wildman–Crippen LogP) is 4.10. The third-order valence-corrected chi connectivity index (χ3v) is 4.58. The molecule has 110 valence electrons. The fourth-order valence-corrected chi connectivity index (χ4v) is 3.36. The molecule has 0 spiro atoms. The number of aromatic hydroxyl groups is 1. The van der Waals surface area contributed by atoms with Crippen molar-refractivity contribution >= 4 is 21.8 Å². The fourth-order valence-electron chi connectivity index (χ4n) is 3.00. The Bertz CT molecular complexity index is 476. The highest BCUT2D eigenvalue weighted by Crippen LogP contribution is 2.30. The molecule has 1 aromatic carbocycles. The summed E-state index contributed by atoms with van der Waals surface area (Å²) < 4.78 is 0.793. The van der Waals surface area contributed by atoms with E-state index in [1.807, 2.05) is 0 Å². The minimum absolute atomic E-state index is 0.0250.